The van der Waals surface area contributed by atoms with E-state index in [1.54, 1.807) is 12.1 Å². The standard InChI is InChI=1S/C21H23BrN2O5S2/c22-13-5-7-15(8-6-13)29-11-18(25)24-21-19(16-3-1-2-4-17(16)30-21)20(26)23-14-9-10-31(27,28)12-14/h5-8,14H,1-4,9-12H2,(H,23,26)(H,24,25)/t14-/m1/s1. The zero-order valence-corrected chi connectivity index (χ0v) is 20.0. The van der Waals surface area contributed by atoms with Gasteiger partial charge in [0, 0.05) is 15.4 Å². The van der Waals surface area contributed by atoms with Crippen molar-refractivity contribution in [3.05, 3.63) is 44.7 Å². The zero-order chi connectivity index (χ0) is 22.0. The number of hydrogen-bond acceptors (Lipinski definition) is 6. The molecule has 2 aliphatic rings. The average Bonchev–Trinajstić information content (AvgIpc) is 3.26. The second-order valence-corrected chi connectivity index (χ2v) is 12.0. The molecule has 0 saturated carbocycles. The van der Waals surface area contributed by atoms with E-state index in [0.29, 0.717) is 22.7 Å². The third kappa shape index (κ3) is 5.48. The van der Waals surface area contributed by atoms with E-state index < -0.39 is 9.84 Å². The van der Waals surface area contributed by atoms with Crippen LogP contribution < -0.4 is 15.4 Å². The minimum Gasteiger partial charge on any atom is -0.484 e. The maximum atomic E-state index is 13.1. The maximum absolute atomic E-state index is 13.1. The van der Waals surface area contributed by atoms with E-state index in [1.165, 1.54) is 11.3 Å². The third-order valence-corrected chi connectivity index (χ3v) is 8.91. The van der Waals surface area contributed by atoms with Crippen molar-refractivity contribution in [1.82, 2.24) is 5.32 Å². The fraction of sp³-hybridized carbons (Fsp3) is 0.429. The summed E-state index contributed by atoms with van der Waals surface area (Å²) in [5.74, 6) is -0.0290. The van der Waals surface area contributed by atoms with Crippen LogP contribution in [-0.2, 0) is 27.5 Å². The number of rotatable bonds is 6. The third-order valence-electron chi connectivity index (χ3n) is 5.40. The van der Waals surface area contributed by atoms with Gasteiger partial charge < -0.3 is 15.4 Å². The summed E-state index contributed by atoms with van der Waals surface area (Å²) in [7, 11) is -3.09. The van der Waals surface area contributed by atoms with Crippen LogP contribution >= 0.6 is 27.3 Å². The number of ether oxygens (including phenoxy) is 1. The van der Waals surface area contributed by atoms with Crippen molar-refractivity contribution in [2.45, 2.75) is 38.1 Å². The highest BCUT2D eigenvalue weighted by Gasteiger charge is 2.32. The van der Waals surface area contributed by atoms with Crippen LogP contribution in [0.5, 0.6) is 5.75 Å². The molecule has 1 saturated heterocycles. The lowest BCUT2D eigenvalue weighted by atomic mass is 9.95. The van der Waals surface area contributed by atoms with Crippen molar-refractivity contribution >= 4 is 53.9 Å². The molecular formula is C21H23BrN2O5S2. The number of sulfone groups is 1. The lowest BCUT2D eigenvalue weighted by molar-refractivity contribution is -0.118. The highest BCUT2D eigenvalue weighted by atomic mass is 79.9. The molecular weight excluding hydrogens is 504 g/mol. The SMILES string of the molecule is O=C(COc1ccc(Br)cc1)Nc1sc2c(c1C(=O)N[C@@H]1CCS(=O)(=O)C1)CCCC2. The topological polar surface area (TPSA) is 102 Å². The molecule has 2 amide bonds. The van der Waals surface area contributed by atoms with Crippen molar-refractivity contribution in [3.8, 4) is 5.75 Å². The second kappa shape index (κ2) is 9.30. The lowest BCUT2D eigenvalue weighted by Crippen LogP contribution is -2.36. The van der Waals surface area contributed by atoms with Crippen molar-refractivity contribution in [1.29, 1.82) is 0 Å². The monoisotopic (exact) mass is 526 g/mol. The number of nitrogens with one attached hydrogen (secondary N) is 2. The number of aryl methyl sites for hydroxylation is 1. The average molecular weight is 527 g/mol. The normalized spacial score (nSPS) is 19.5. The van der Waals surface area contributed by atoms with Crippen LogP contribution in [0.3, 0.4) is 0 Å². The van der Waals surface area contributed by atoms with E-state index in [9.17, 15) is 18.0 Å². The Morgan fingerprint density at radius 3 is 2.61 bits per heavy atom. The van der Waals surface area contributed by atoms with E-state index in [4.69, 9.17) is 4.74 Å². The van der Waals surface area contributed by atoms with Gasteiger partial charge in [-0.3, -0.25) is 9.59 Å². The second-order valence-electron chi connectivity index (χ2n) is 7.78. The number of thiophene rings is 1. The summed E-state index contributed by atoms with van der Waals surface area (Å²) < 4.78 is 29.9. The molecule has 2 aromatic rings. The number of carbonyl (C=O) groups is 2. The van der Waals surface area contributed by atoms with Gasteiger partial charge >= 0.3 is 0 Å². The summed E-state index contributed by atoms with van der Waals surface area (Å²) in [6, 6.07) is 6.78. The molecule has 7 nitrogen and oxygen atoms in total. The van der Waals surface area contributed by atoms with E-state index in [1.807, 2.05) is 12.1 Å². The van der Waals surface area contributed by atoms with Crippen molar-refractivity contribution in [2.75, 3.05) is 23.4 Å². The van der Waals surface area contributed by atoms with Gasteiger partial charge in [-0.1, -0.05) is 15.9 Å². The Kier molecular flexibility index (Phi) is 6.68. The number of benzene rings is 1. The van der Waals surface area contributed by atoms with Crippen LogP contribution in [0.15, 0.2) is 28.7 Å². The van der Waals surface area contributed by atoms with Gasteiger partial charge in [0.25, 0.3) is 11.8 Å². The fourth-order valence-electron chi connectivity index (χ4n) is 3.90. The summed E-state index contributed by atoms with van der Waals surface area (Å²) in [6.45, 7) is -0.174. The molecule has 31 heavy (non-hydrogen) atoms. The molecule has 2 N–H and O–H groups in total. The van der Waals surface area contributed by atoms with Gasteiger partial charge in [-0.05, 0) is 61.9 Å². The summed E-state index contributed by atoms with van der Waals surface area (Å²) in [4.78, 5) is 26.7. The highest BCUT2D eigenvalue weighted by Crippen LogP contribution is 2.38. The van der Waals surface area contributed by atoms with Crippen LogP contribution in [0.2, 0.25) is 0 Å². The molecule has 1 aromatic heterocycles. The van der Waals surface area contributed by atoms with E-state index in [-0.39, 0.29) is 36.0 Å². The summed E-state index contributed by atoms with van der Waals surface area (Å²) >= 11 is 4.78. The Bertz CT molecular complexity index is 1100. The van der Waals surface area contributed by atoms with Gasteiger partial charge in [0.2, 0.25) is 0 Å². The Hall–Kier alpha value is -1.91. The predicted octanol–water partition coefficient (Wildman–Crippen LogP) is 3.32. The van der Waals surface area contributed by atoms with Crippen molar-refractivity contribution in [3.63, 3.8) is 0 Å². The Balaban J connectivity index is 1.47. The molecule has 1 aliphatic heterocycles. The molecule has 1 aromatic carbocycles. The fourth-order valence-corrected chi connectivity index (χ4v) is 7.14. The molecule has 4 rings (SSSR count). The Morgan fingerprint density at radius 2 is 1.90 bits per heavy atom. The number of carbonyl (C=O) groups excluding carboxylic acids is 2. The molecule has 0 unspecified atom stereocenters. The van der Waals surface area contributed by atoms with E-state index in [2.05, 4.69) is 26.6 Å². The van der Waals surface area contributed by atoms with Crippen LogP contribution in [0.25, 0.3) is 0 Å². The molecule has 1 aliphatic carbocycles. The molecule has 0 bridgehead atoms. The quantitative estimate of drug-likeness (QED) is 0.601. The van der Waals surface area contributed by atoms with Crippen molar-refractivity contribution in [2.24, 2.45) is 0 Å². The van der Waals surface area contributed by atoms with Crippen LogP contribution in [0.4, 0.5) is 5.00 Å². The van der Waals surface area contributed by atoms with Gasteiger partial charge in [0.15, 0.2) is 16.4 Å². The zero-order valence-electron chi connectivity index (χ0n) is 16.8. The van der Waals surface area contributed by atoms with Crippen molar-refractivity contribution < 1.29 is 22.7 Å². The van der Waals surface area contributed by atoms with Gasteiger partial charge in [-0.2, -0.15) is 0 Å². The van der Waals surface area contributed by atoms with Crippen LogP contribution in [-0.4, -0.2) is 44.4 Å². The number of hydrogen-bond donors (Lipinski definition) is 2. The molecule has 0 spiro atoms. The number of fused-ring (bicyclic) bond motifs is 1. The number of halogens is 1. The predicted molar refractivity (Wildman–Crippen MR) is 124 cm³/mol. The van der Waals surface area contributed by atoms with Gasteiger partial charge in [0.1, 0.15) is 10.8 Å². The first kappa shape index (κ1) is 22.3. The molecule has 0 radical (unpaired) electrons. The minimum atomic E-state index is -3.09. The minimum absolute atomic E-state index is 0.0339. The first-order valence-electron chi connectivity index (χ1n) is 10.1. The number of anilines is 1. The first-order valence-corrected chi connectivity index (χ1v) is 13.6. The molecule has 166 valence electrons. The Morgan fingerprint density at radius 1 is 1.16 bits per heavy atom. The lowest BCUT2D eigenvalue weighted by Gasteiger charge is -2.15. The summed E-state index contributed by atoms with van der Waals surface area (Å²) in [6.07, 6.45) is 4.12. The molecule has 1 fully saturated rings. The van der Waals surface area contributed by atoms with Gasteiger partial charge in [0.05, 0.1) is 17.1 Å². The first-order chi connectivity index (χ1) is 14.8. The smallest absolute Gasteiger partial charge is 0.262 e. The van der Waals surface area contributed by atoms with E-state index >= 15 is 0 Å². The maximum Gasteiger partial charge on any atom is 0.262 e. The van der Waals surface area contributed by atoms with Crippen LogP contribution in [0, 0.1) is 0 Å². The largest absolute Gasteiger partial charge is 0.484 e. The van der Waals surface area contributed by atoms with Gasteiger partial charge in [-0.25, -0.2) is 8.42 Å². The molecule has 10 heteroatoms. The highest BCUT2D eigenvalue weighted by molar-refractivity contribution is 9.10. The van der Waals surface area contributed by atoms with Crippen LogP contribution in [0.1, 0.15) is 40.1 Å². The summed E-state index contributed by atoms with van der Waals surface area (Å²) in [5, 5.41) is 6.21. The summed E-state index contributed by atoms with van der Waals surface area (Å²) in [5.41, 5.74) is 1.44. The Labute approximate surface area is 193 Å². The molecule has 2 heterocycles. The number of amides is 2. The molecule has 1 atom stereocenters. The van der Waals surface area contributed by atoms with Gasteiger partial charge in [-0.15, -0.1) is 11.3 Å². The van der Waals surface area contributed by atoms with E-state index in [0.717, 1.165) is 40.6 Å².